The van der Waals surface area contributed by atoms with Gasteiger partial charge in [0.25, 0.3) is 0 Å². The first kappa shape index (κ1) is 30.3. The van der Waals surface area contributed by atoms with Crippen molar-refractivity contribution in [3.63, 3.8) is 0 Å². The minimum absolute atomic E-state index is 0.299. The van der Waals surface area contributed by atoms with Gasteiger partial charge >= 0.3 is 6.09 Å². The van der Waals surface area contributed by atoms with Crippen molar-refractivity contribution in [3.8, 4) is 0 Å². The van der Waals surface area contributed by atoms with Crippen molar-refractivity contribution >= 4 is 33.2 Å². The number of carbonyl (C=O) groups is 2. The number of amides is 2. The highest BCUT2D eigenvalue weighted by Crippen LogP contribution is 2.23. The molecule has 3 rings (SSSR count). The Bertz CT molecular complexity index is 1290. The fourth-order valence-corrected chi connectivity index (χ4v) is 6.13. The second kappa shape index (κ2) is 13.7. The molecular formula is C28H35N3O6S2. The number of benzene rings is 2. The lowest BCUT2D eigenvalue weighted by Crippen LogP contribution is -2.54. The zero-order valence-corrected chi connectivity index (χ0v) is 23.9. The number of thiazole rings is 1. The molecule has 210 valence electrons. The number of aromatic nitrogens is 1. The number of sulfone groups is 1. The zero-order chi connectivity index (χ0) is 28.5. The van der Waals surface area contributed by atoms with Crippen LogP contribution < -0.4 is 10.6 Å². The minimum Gasteiger partial charge on any atom is -0.444 e. The normalized spacial score (nSPS) is 14.2. The second-order valence-corrected chi connectivity index (χ2v) is 13.2. The molecule has 0 aliphatic heterocycles. The molecule has 3 aromatic rings. The Morgan fingerprint density at radius 3 is 2.18 bits per heavy atom. The molecular weight excluding hydrogens is 538 g/mol. The molecule has 0 fully saturated rings. The van der Waals surface area contributed by atoms with Crippen LogP contribution in [0.3, 0.4) is 0 Å². The van der Waals surface area contributed by atoms with Gasteiger partial charge in [-0.25, -0.2) is 18.2 Å². The van der Waals surface area contributed by atoms with Crippen molar-refractivity contribution in [1.82, 2.24) is 15.6 Å². The summed E-state index contributed by atoms with van der Waals surface area (Å²) in [6, 6.07) is 15.9. The van der Waals surface area contributed by atoms with E-state index in [1.165, 1.54) is 11.3 Å². The molecule has 0 radical (unpaired) electrons. The number of nitrogens with one attached hydrogen (secondary N) is 2. The maximum atomic E-state index is 13.5. The Kier molecular flexibility index (Phi) is 10.6. The van der Waals surface area contributed by atoms with Crippen LogP contribution in [0.15, 0.2) is 72.2 Å². The average molecular weight is 574 g/mol. The minimum atomic E-state index is -3.83. The van der Waals surface area contributed by atoms with Crippen LogP contribution in [0.25, 0.3) is 0 Å². The summed E-state index contributed by atoms with van der Waals surface area (Å²) < 4.78 is 31.4. The first-order valence-electron chi connectivity index (χ1n) is 12.6. The van der Waals surface area contributed by atoms with Gasteiger partial charge in [-0.05, 0) is 44.7 Å². The number of carbonyl (C=O) groups excluding carboxylic acids is 2. The number of ether oxygens (including phenoxy) is 1. The van der Waals surface area contributed by atoms with E-state index in [-0.39, 0.29) is 5.75 Å². The maximum absolute atomic E-state index is 13.5. The van der Waals surface area contributed by atoms with E-state index in [1.54, 1.807) is 62.7 Å². The molecule has 0 spiro atoms. The van der Waals surface area contributed by atoms with E-state index in [0.29, 0.717) is 23.4 Å². The highest BCUT2D eigenvalue weighted by molar-refractivity contribution is 7.90. The summed E-state index contributed by atoms with van der Waals surface area (Å²) in [5.41, 5.74) is 0.721. The summed E-state index contributed by atoms with van der Waals surface area (Å²) in [5.74, 6) is -1.69. The summed E-state index contributed by atoms with van der Waals surface area (Å²) in [6.07, 6.45) is 0.416. The van der Waals surface area contributed by atoms with Gasteiger partial charge < -0.3 is 20.5 Å². The predicted octanol–water partition coefficient (Wildman–Crippen LogP) is 3.80. The van der Waals surface area contributed by atoms with E-state index in [0.717, 1.165) is 5.56 Å². The standard InChI is InChI=1S/C28H35N3O6S2/c1-28(2,3)37-27(34)31-23(19-39(35,36)18-21-12-8-5-9-13-21)25(33)30-22(24(32)26-29-16-17-38-26)15-14-20-10-6-4-7-11-20/h4-13,16-17,22-24,32H,14-15,18-19H2,1-3H3,(H,30,33)(H,31,34)/t22-,23?,24+/m1/s1. The number of alkyl carbamates (subject to hydrolysis) is 1. The molecule has 39 heavy (non-hydrogen) atoms. The third-order valence-corrected chi connectivity index (χ3v) is 8.12. The van der Waals surface area contributed by atoms with Crippen LogP contribution in [0.2, 0.25) is 0 Å². The van der Waals surface area contributed by atoms with E-state index < -0.39 is 51.4 Å². The van der Waals surface area contributed by atoms with Gasteiger partial charge in [0.05, 0.1) is 17.5 Å². The second-order valence-electron chi connectivity index (χ2n) is 10.2. The summed E-state index contributed by atoms with van der Waals surface area (Å²) in [4.78, 5) is 30.2. The van der Waals surface area contributed by atoms with E-state index in [9.17, 15) is 23.1 Å². The molecule has 0 aliphatic rings. The van der Waals surface area contributed by atoms with Gasteiger partial charge in [0.1, 0.15) is 22.8 Å². The molecule has 9 nitrogen and oxygen atoms in total. The van der Waals surface area contributed by atoms with Crippen molar-refractivity contribution in [2.75, 3.05) is 5.75 Å². The molecule has 11 heteroatoms. The van der Waals surface area contributed by atoms with E-state index in [4.69, 9.17) is 4.74 Å². The molecule has 3 atom stereocenters. The van der Waals surface area contributed by atoms with Crippen molar-refractivity contribution in [2.24, 2.45) is 0 Å². The van der Waals surface area contributed by atoms with Gasteiger partial charge in [0, 0.05) is 11.6 Å². The highest BCUT2D eigenvalue weighted by Gasteiger charge is 2.33. The number of hydrogen-bond donors (Lipinski definition) is 3. The number of aliphatic hydroxyl groups excluding tert-OH is 1. The Morgan fingerprint density at radius 2 is 1.62 bits per heavy atom. The van der Waals surface area contributed by atoms with Crippen molar-refractivity contribution in [3.05, 3.63) is 88.4 Å². The zero-order valence-electron chi connectivity index (χ0n) is 22.2. The van der Waals surface area contributed by atoms with Gasteiger partial charge in [-0.1, -0.05) is 60.7 Å². The van der Waals surface area contributed by atoms with Crippen LogP contribution in [-0.2, 0) is 31.5 Å². The largest absolute Gasteiger partial charge is 0.444 e. The molecule has 2 amide bonds. The van der Waals surface area contributed by atoms with Crippen molar-refractivity contribution in [2.45, 2.75) is 63.2 Å². The fourth-order valence-electron chi connectivity index (χ4n) is 3.89. The van der Waals surface area contributed by atoms with Crippen LogP contribution in [-0.4, -0.2) is 53.9 Å². The van der Waals surface area contributed by atoms with Crippen LogP contribution in [0.1, 0.15) is 49.4 Å². The van der Waals surface area contributed by atoms with Gasteiger partial charge in [-0.15, -0.1) is 11.3 Å². The van der Waals surface area contributed by atoms with Gasteiger partial charge in [-0.3, -0.25) is 4.79 Å². The van der Waals surface area contributed by atoms with Crippen LogP contribution >= 0.6 is 11.3 Å². The van der Waals surface area contributed by atoms with Gasteiger partial charge in [0.2, 0.25) is 5.91 Å². The molecule has 0 saturated heterocycles. The first-order chi connectivity index (χ1) is 18.4. The summed E-state index contributed by atoms with van der Waals surface area (Å²) in [5, 5.41) is 18.4. The Morgan fingerprint density at radius 1 is 1.00 bits per heavy atom. The van der Waals surface area contributed by atoms with Crippen molar-refractivity contribution in [1.29, 1.82) is 0 Å². The monoisotopic (exact) mass is 573 g/mol. The number of aliphatic hydroxyl groups is 1. The van der Waals surface area contributed by atoms with E-state index in [2.05, 4.69) is 15.6 Å². The number of rotatable bonds is 12. The Labute approximate surface area is 233 Å². The summed E-state index contributed by atoms with van der Waals surface area (Å²) in [7, 11) is -3.83. The molecule has 2 aromatic carbocycles. The number of hydrogen-bond acceptors (Lipinski definition) is 8. The van der Waals surface area contributed by atoms with Crippen LogP contribution in [0.5, 0.6) is 0 Å². The molecule has 0 aliphatic carbocycles. The molecule has 1 heterocycles. The highest BCUT2D eigenvalue weighted by atomic mass is 32.2. The SMILES string of the molecule is CC(C)(C)OC(=O)NC(CS(=O)(=O)Cc1ccccc1)C(=O)N[C@H](CCc1ccccc1)[C@H](O)c1nccs1. The third kappa shape index (κ3) is 10.4. The lowest BCUT2D eigenvalue weighted by Gasteiger charge is -2.27. The third-order valence-electron chi connectivity index (χ3n) is 5.66. The quantitative estimate of drug-likeness (QED) is 0.300. The molecule has 3 N–H and O–H groups in total. The van der Waals surface area contributed by atoms with Gasteiger partial charge in [-0.2, -0.15) is 0 Å². The maximum Gasteiger partial charge on any atom is 0.408 e. The lowest BCUT2D eigenvalue weighted by atomic mass is 10.0. The predicted molar refractivity (Wildman–Crippen MR) is 151 cm³/mol. The number of nitrogens with zero attached hydrogens (tertiary/aromatic N) is 1. The van der Waals surface area contributed by atoms with Crippen molar-refractivity contribution < 1.29 is 27.9 Å². The lowest BCUT2D eigenvalue weighted by molar-refractivity contribution is -0.124. The molecule has 0 bridgehead atoms. The topological polar surface area (TPSA) is 135 Å². The van der Waals surface area contributed by atoms with Crippen LogP contribution in [0, 0.1) is 0 Å². The molecule has 0 saturated carbocycles. The molecule has 1 aromatic heterocycles. The van der Waals surface area contributed by atoms with Gasteiger partial charge in [0.15, 0.2) is 9.84 Å². The van der Waals surface area contributed by atoms with E-state index >= 15 is 0 Å². The molecule has 1 unspecified atom stereocenters. The number of aryl methyl sites for hydroxylation is 1. The summed E-state index contributed by atoms with van der Waals surface area (Å²) >= 11 is 1.25. The van der Waals surface area contributed by atoms with Crippen LogP contribution in [0.4, 0.5) is 4.79 Å². The first-order valence-corrected chi connectivity index (χ1v) is 15.3. The fraction of sp³-hybridized carbons (Fsp3) is 0.393. The Hall–Kier alpha value is -3.28. The Balaban J connectivity index is 1.81. The van der Waals surface area contributed by atoms with E-state index in [1.807, 2.05) is 30.3 Å². The summed E-state index contributed by atoms with van der Waals surface area (Å²) in [6.45, 7) is 4.99. The average Bonchev–Trinajstić information content (AvgIpc) is 3.40. The smallest absolute Gasteiger partial charge is 0.408 e.